The van der Waals surface area contributed by atoms with E-state index in [2.05, 4.69) is 24.5 Å². The number of anilines is 2. The van der Waals surface area contributed by atoms with Crippen molar-refractivity contribution < 1.29 is 9.59 Å². The average Bonchev–Trinajstić information content (AvgIpc) is 2.37. The SMILES string of the molecule is CC(=O)Nc1cccc(NC(=O)N2C[C@H](C)C[C@@H](C)C2)c1. The Morgan fingerprint density at radius 2 is 1.67 bits per heavy atom. The molecule has 1 heterocycles. The number of urea groups is 1. The van der Waals surface area contributed by atoms with E-state index in [1.807, 2.05) is 17.0 Å². The minimum absolute atomic E-state index is 0.0756. The Morgan fingerprint density at radius 3 is 2.24 bits per heavy atom. The van der Waals surface area contributed by atoms with E-state index < -0.39 is 0 Å². The van der Waals surface area contributed by atoms with Gasteiger partial charge in [0.25, 0.3) is 0 Å². The van der Waals surface area contributed by atoms with Gasteiger partial charge in [0.2, 0.25) is 5.91 Å². The minimum Gasteiger partial charge on any atom is -0.326 e. The number of rotatable bonds is 2. The maximum Gasteiger partial charge on any atom is 0.321 e. The summed E-state index contributed by atoms with van der Waals surface area (Å²) in [6.07, 6.45) is 1.17. The fourth-order valence-electron chi connectivity index (χ4n) is 2.91. The lowest BCUT2D eigenvalue weighted by Crippen LogP contribution is -2.44. The number of carbonyl (C=O) groups is 2. The zero-order valence-electron chi connectivity index (χ0n) is 12.8. The lowest BCUT2D eigenvalue weighted by atomic mass is 9.92. The van der Waals surface area contributed by atoms with Gasteiger partial charge in [-0.1, -0.05) is 19.9 Å². The number of hydrogen-bond donors (Lipinski definition) is 2. The van der Waals surface area contributed by atoms with E-state index in [0.717, 1.165) is 13.1 Å². The number of nitrogens with zero attached hydrogens (tertiary/aromatic N) is 1. The maximum atomic E-state index is 12.3. The third-order valence-corrected chi connectivity index (χ3v) is 3.59. The molecular formula is C16H23N3O2. The van der Waals surface area contributed by atoms with Crippen LogP contribution >= 0.6 is 0 Å². The third kappa shape index (κ3) is 4.48. The number of piperidine rings is 1. The molecule has 1 fully saturated rings. The molecule has 21 heavy (non-hydrogen) atoms. The average molecular weight is 289 g/mol. The van der Waals surface area contributed by atoms with Crippen molar-refractivity contribution in [2.24, 2.45) is 11.8 Å². The predicted molar refractivity (Wildman–Crippen MR) is 84.3 cm³/mol. The summed E-state index contributed by atoms with van der Waals surface area (Å²) >= 11 is 0. The summed E-state index contributed by atoms with van der Waals surface area (Å²) in [6, 6.07) is 7.11. The molecular weight excluding hydrogens is 266 g/mol. The van der Waals surface area contributed by atoms with Crippen LogP contribution in [0, 0.1) is 11.8 Å². The summed E-state index contributed by atoms with van der Waals surface area (Å²) in [6.45, 7) is 7.39. The molecule has 5 heteroatoms. The molecule has 0 aliphatic carbocycles. The Hall–Kier alpha value is -2.04. The Bertz CT molecular complexity index is 520. The molecule has 0 saturated carbocycles. The van der Waals surface area contributed by atoms with E-state index >= 15 is 0 Å². The summed E-state index contributed by atoms with van der Waals surface area (Å²) in [5, 5.41) is 5.61. The molecule has 2 N–H and O–H groups in total. The van der Waals surface area contributed by atoms with Crippen LogP contribution in [0.2, 0.25) is 0 Å². The van der Waals surface area contributed by atoms with Crippen LogP contribution in [0.5, 0.6) is 0 Å². The number of nitrogens with one attached hydrogen (secondary N) is 2. The van der Waals surface area contributed by atoms with Gasteiger partial charge >= 0.3 is 6.03 Å². The molecule has 1 aliphatic rings. The van der Waals surface area contributed by atoms with Crippen LogP contribution in [0.15, 0.2) is 24.3 Å². The molecule has 0 aromatic heterocycles. The van der Waals surface area contributed by atoms with Crippen molar-refractivity contribution in [2.75, 3.05) is 23.7 Å². The molecule has 1 aromatic carbocycles. The summed E-state index contributed by atoms with van der Waals surface area (Å²) in [5.41, 5.74) is 1.37. The van der Waals surface area contributed by atoms with Gasteiger partial charge in [-0.2, -0.15) is 0 Å². The number of carbonyl (C=O) groups excluding carboxylic acids is 2. The first-order chi connectivity index (χ1) is 9.94. The van der Waals surface area contributed by atoms with Crippen molar-refractivity contribution in [3.05, 3.63) is 24.3 Å². The monoisotopic (exact) mass is 289 g/mol. The third-order valence-electron chi connectivity index (χ3n) is 3.59. The Kier molecular flexibility index (Phi) is 4.83. The second-order valence-electron chi connectivity index (χ2n) is 6.04. The highest BCUT2D eigenvalue weighted by Gasteiger charge is 2.25. The fourth-order valence-corrected chi connectivity index (χ4v) is 2.91. The van der Waals surface area contributed by atoms with Crippen LogP contribution in [0.3, 0.4) is 0 Å². The second kappa shape index (κ2) is 6.61. The molecule has 2 atom stereocenters. The summed E-state index contributed by atoms with van der Waals surface area (Å²) in [4.78, 5) is 25.2. The zero-order valence-corrected chi connectivity index (χ0v) is 12.8. The maximum absolute atomic E-state index is 12.3. The highest BCUT2D eigenvalue weighted by molar-refractivity contribution is 5.92. The molecule has 1 saturated heterocycles. The molecule has 0 unspecified atom stereocenters. The lowest BCUT2D eigenvalue weighted by Gasteiger charge is -2.34. The van der Waals surface area contributed by atoms with Gasteiger partial charge in [-0.3, -0.25) is 4.79 Å². The molecule has 3 amide bonds. The Morgan fingerprint density at radius 1 is 1.10 bits per heavy atom. The fraction of sp³-hybridized carbons (Fsp3) is 0.500. The molecule has 0 spiro atoms. The van der Waals surface area contributed by atoms with Crippen molar-refractivity contribution in [2.45, 2.75) is 27.2 Å². The van der Waals surface area contributed by atoms with Crippen LogP contribution in [-0.2, 0) is 4.79 Å². The highest BCUT2D eigenvalue weighted by atomic mass is 16.2. The molecule has 5 nitrogen and oxygen atoms in total. The first-order valence-electron chi connectivity index (χ1n) is 7.37. The summed E-state index contributed by atoms with van der Waals surface area (Å²) < 4.78 is 0. The standard InChI is InChI=1S/C16H23N3O2/c1-11-7-12(2)10-19(9-11)16(21)18-15-6-4-5-14(8-15)17-13(3)20/h4-6,8,11-12H,7,9-10H2,1-3H3,(H,17,20)(H,18,21)/t11-,12-/m1/s1. The van der Waals surface area contributed by atoms with Gasteiger partial charge in [0, 0.05) is 31.4 Å². The van der Waals surface area contributed by atoms with Gasteiger partial charge < -0.3 is 15.5 Å². The van der Waals surface area contributed by atoms with E-state index in [9.17, 15) is 9.59 Å². The first-order valence-corrected chi connectivity index (χ1v) is 7.37. The molecule has 0 radical (unpaired) electrons. The van der Waals surface area contributed by atoms with Gasteiger partial charge in [-0.05, 0) is 36.5 Å². The second-order valence-corrected chi connectivity index (χ2v) is 6.04. The Balaban J connectivity index is 2.00. The quantitative estimate of drug-likeness (QED) is 0.878. The van der Waals surface area contributed by atoms with Gasteiger partial charge in [0.1, 0.15) is 0 Å². The number of amides is 3. The van der Waals surface area contributed by atoms with Crippen LogP contribution in [0.25, 0.3) is 0 Å². The van der Waals surface area contributed by atoms with E-state index in [0.29, 0.717) is 23.2 Å². The normalized spacial score (nSPS) is 21.8. The van der Waals surface area contributed by atoms with Gasteiger partial charge in [-0.25, -0.2) is 4.79 Å². The van der Waals surface area contributed by atoms with E-state index in [-0.39, 0.29) is 11.9 Å². The number of hydrogen-bond acceptors (Lipinski definition) is 2. The van der Waals surface area contributed by atoms with Crippen LogP contribution < -0.4 is 10.6 Å². The molecule has 1 aliphatic heterocycles. The number of benzene rings is 1. The van der Waals surface area contributed by atoms with Gasteiger partial charge in [0.15, 0.2) is 0 Å². The van der Waals surface area contributed by atoms with Crippen molar-refractivity contribution in [3.63, 3.8) is 0 Å². The lowest BCUT2D eigenvalue weighted by molar-refractivity contribution is -0.114. The van der Waals surface area contributed by atoms with Crippen LogP contribution in [0.1, 0.15) is 27.2 Å². The smallest absolute Gasteiger partial charge is 0.321 e. The van der Waals surface area contributed by atoms with Crippen LogP contribution in [-0.4, -0.2) is 29.9 Å². The van der Waals surface area contributed by atoms with Gasteiger partial charge in [0.05, 0.1) is 0 Å². The molecule has 114 valence electrons. The van der Waals surface area contributed by atoms with Crippen LogP contribution in [0.4, 0.5) is 16.2 Å². The summed E-state index contributed by atoms with van der Waals surface area (Å²) in [7, 11) is 0. The Labute approximate surface area is 125 Å². The number of likely N-dealkylation sites (tertiary alicyclic amines) is 1. The van der Waals surface area contributed by atoms with Crippen molar-refractivity contribution >= 4 is 23.3 Å². The molecule has 2 rings (SSSR count). The topological polar surface area (TPSA) is 61.4 Å². The van der Waals surface area contributed by atoms with E-state index in [1.54, 1.807) is 12.1 Å². The van der Waals surface area contributed by atoms with Crippen molar-refractivity contribution in [1.82, 2.24) is 4.90 Å². The van der Waals surface area contributed by atoms with E-state index in [1.165, 1.54) is 13.3 Å². The van der Waals surface area contributed by atoms with E-state index in [4.69, 9.17) is 0 Å². The minimum atomic E-state index is -0.128. The first kappa shape index (κ1) is 15.4. The molecule has 0 bridgehead atoms. The molecule has 1 aromatic rings. The van der Waals surface area contributed by atoms with Crippen molar-refractivity contribution in [1.29, 1.82) is 0 Å². The highest BCUT2D eigenvalue weighted by Crippen LogP contribution is 2.22. The zero-order chi connectivity index (χ0) is 15.4. The van der Waals surface area contributed by atoms with Crippen molar-refractivity contribution in [3.8, 4) is 0 Å². The largest absolute Gasteiger partial charge is 0.326 e. The summed E-state index contributed by atoms with van der Waals surface area (Å²) in [5.74, 6) is 0.938. The van der Waals surface area contributed by atoms with Gasteiger partial charge in [-0.15, -0.1) is 0 Å². The predicted octanol–water partition coefficient (Wildman–Crippen LogP) is 3.15.